The Kier molecular flexibility index (Phi) is 18900. The van der Waals surface area contributed by atoms with E-state index in [2.05, 4.69) is 0 Å². The SMILES string of the molecule is [C-]#N.[C-]#N.[Hg+2]. The Morgan fingerprint density at radius 1 is 0.800 bits per heavy atom. The molecule has 0 heterocycles. The second kappa shape index (κ2) is 4610. The molecule has 0 aliphatic heterocycles. The molecule has 0 atom stereocenters. The van der Waals surface area contributed by atoms with Crippen LogP contribution in [0.5, 0.6) is 0 Å². The summed E-state index contributed by atoms with van der Waals surface area (Å²) in [6.45, 7) is 9.50. The Bertz CT molecular complexity index is 23.1. The molecule has 5 heavy (non-hydrogen) atoms. The molecule has 0 rings (SSSR count). The van der Waals surface area contributed by atoms with Gasteiger partial charge in [0.05, 0.1) is 0 Å². The second-order valence-electron chi connectivity index (χ2n) is 0. The van der Waals surface area contributed by atoms with Crippen molar-refractivity contribution < 1.29 is 27.7 Å². The van der Waals surface area contributed by atoms with Crippen molar-refractivity contribution in [1.29, 1.82) is 10.5 Å². The fourth-order valence-electron chi connectivity index (χ4n) is 0. The van der Waals surface area contributed by atoms with Gasteiger partial charge in [-0.2, -0.15) is 0 Å². The topological polar surface area (TPSA) is 47.6 Å². The Morgan fingerprint density at radius 3 is 0.800 bits per heavy atom. The van der Waals surface area contributed by atoms with Gasteiger partial charge >= 0.3 is 27.7 Å². The number of nitrogens with zero attached hydrogens (tertiary/aromatic N) is 2. The van der Waals surface area contributed by atoms with Crippen LogP contribution in [0, 0.1) is 23.7 Å². The first-order chi connectivity index (χ1) is 2.00. The van der Waals surface area contributed by atoms with Crippen molar-refractivity contribution in [3.05, 3.63) is 13.1 Å². The first-order valence-electron chi connectivity index (χ1n) is 0.447. The van der Waals surface area contributed by atoms with Crippen LogP contribution >= 0.6 is 0 Å². The van der Waals surface area contributed by atoms with E-state index >= 15 is 0 Å². The Balaban J connectivity index is -0.0000000133. The fraction of sp³-hybridized carbons (Fsp3) is 0. The standard InChI is InChI=1S/2CN.Hg/c2*1-2;/q2*-1;+2. The minimum atomic E-state index is 0. The molecular weight excluding hydrogens is 253 g/mol. The van der Waals surface area contributed by atoms with Gasteiger partial charge in [0.2, 0.25) is 0 Å². The monoisotopic (exact) mass is 254 g/mol. The van der Waals surface area contributed by atoms with Crippen LogP contribution in [0.1, 0.15) is 0 Å². The third-order valence-corrected chi connectivity index (χ3v) is 0. The van der Waals surface area contributed by atoms with E-state index in [1.165, 1.54) is 0 Å². The van der Waals surface area contributed by atoms with Crippen LogP contribution in [0.15, 0.2) is 0 Å². The molecule has 0 aliphatic carbocycles. The average molecular weight is 253 g/mol. The molecule has 0 saturated heterocycles. The first-order valence-corrected chi connectivity index (χ1v) is 0.447. The summed E-state index contributed by atoms with van der Waals surface area (Å²) in [6, 6.07) is 0. The van der Waals surface area contributed by atoms with Gasteiger partial charge < -0.3 is 23.7 Å². The molecule has 0 N–H and O–H groups in total. The number of rotatable bonds is 0. The summed E-state index contributed by atoms with van der Waals surface area (Å²) in [5.41, 5.74) is 0. The number of hydrogen-bond donors (Lipinski definition) is 0. The molecule has 0 aromatic carbocycles. The molecule has 0 bridgehead atoms. The molecule has 0 fully saturated rings. The van der Waals surface area contributed by atoms with Crippen LogP contribution in [-0.2, 0) is 27.7 Å². The molecule has 0 aliphatic rings. The van der Waals surface area contributed by atoms with Crippen molar-refractivity contribution >= 4 is 0 Å². The minimum Gasteiger partial charge on any atom is -0.512 e. The van der Waals surface area contributed by atoms with Gasteiger partial charge in [0.15, 0.2) is 0 Å². The van der Waals surface area contributed by atoms with Crippen LogP contribution in [0.2, 0.25) is 0 Å². The quantitative estimate of drug-likeness (QED) is 0.456. The summed E-state index contributed by atoms with van der Waals surface area (Å²) in [7, 11) is 0. The van der Waals surface area contributed by atoms with Crippen molar-refractivity contribution in [1.82, 2.24) is 0 Å². The van der Waals surface area contributed by atoms with Gasteiger partial charge in [0.1, 0.15) is 0 Å². The van der Waals surface area contributed by atoms with Crippen LogP contribution in [-0.4, -0.2) is 0 Å². The van der Waals surface area contributed by atoms with Crippen LogP contribution in [0.3, 0.4) is 0 Å². The van der Waals surface area contributed by atoms with Crippen LogP contribution in [0.4, 0.5) is 0 Å². The third kappa shape index (κ3) is 1990. The normalized spacial score (nSPS) is 0.800. The molecule has 0 aromatic heterocycles. The predicted molar refractivity (Wildman–Crippen MR) is 9.94 cm³/mol. The summed E-state index contributed by atoms with van der Waals surface area (Å²) in [5, 5.41) is 12.5. The van der Waals surface area contributed by atoms with Gasteiger partial charge in [-0.3, -0.25) is 0 Å². The Hall–Kier alpha value is -0.0849. The Morgan fingerprint density at radius 2 is 0.800 bits per heavy atom. The van der Waals surface area contributed by atoms with Gasteiger partial charge in [0.25, 0.3) is 0 Å². The predicted octanol–water partition coefficient (Wildman–Crippen LogP) is 0.190. The molecule has 0 radical (unpaired) electrons. The zero-order valence-electron chi connectivity index (χ0n) is 2.60. The minimum absolute atomic E-state index is 0. The second-order valence-corrected chi connectivity index (χ2v) is 0. The molecule has 0 amide bonds. The van der Waals surface area contributed by atoms with Crippen LogP contribution in [0.25, 0.3) is 0 Å². The fourth-order valence-corrected chi connectivity index (χ4v) is 0. The van der Waals surface area contributed by atoms with Gasteiger partial charge in [-0.25, -0.2) is 0 Å². The van der Waals surface area contributed by atoms with E-state index < -0.39 is 0 Å². The maximum Gasteiger partial charge on any atom is 2.00 e. The summed E-state index contributed by atoms with van der Waals surface area (Å²) in [6.07, 6.45) is 0. The molecule has 0 saturated carbocycles. The van der Waals surface area contributed by atoms with E-state index in [-0.39, 0.29) is 27.7 Å². The summed E-state index contributed by atoms with van der Waals surface area (Å²) >= 11 is 0. The summed E-state index contributed by atoms with van der Waals surface area (Å²) < 4.78 is 0. The van der Waals surface area contributed by atoms with Gasteiger partial charge in [-0.15, -0.1) is 0 Å². The van der Waals surface area contributed by atoms with Crippen LogP contribution < -0.4 is 0 Å². The van der Waals surface area contributed by atoms with E-state index in [0.717, 1.165) is 0 Å². The van der Waals surface area contributed by atoms with Crippen molar-refractivity contribution in [3.63, 3.8) is 0 Å². The van der Waals surface area contributed by atoms with E-state index in [1.54, 1.807) is 0 Å². The van der Waals surface area contributed by atoms with E-state index in [1.807, 2.05) is 0 Å². The average Bonchev–Trinajstić information content (AvgIpc) is 1.50. The smallest absolute Gasteiger partial charge is 0.512 e. The zero-order chi connectivity index (χ0) is 4.00. The third-order valence-electron chi connectivity index (χ3n) is 0. The van der Waals surface area contributed by atoms with E-state index in [9.17, 15) is 0 Å². The molecule has 3 heteroatoms. The van der Waals surface area contributed by atoms with E-state index in [4.69, 9.17) is 23.7 Å². The van der Waals surface area contributed by atoms with E-state index in [0.29, 0.717) is 0 Å². The van der Waals surface area contributed by atoms with Crippen molar-refractivity contribution in [2.75, 3.05) is 0 Å². The summed E-state index contributed by atoms with van der Waals surface area (Å²) in [4.78, 5) is 0. The maximum atomic E-state index is 6.25. The molecule has 0 spiro atoms. The molecule has 0 unspecified atom stereocenters. The summed E-state index contributed by atoms with van der Waals surface area (Å²) in [5.74, 6) is 0. The van der Waals surface area contributed by atoms with Gasteiger partial charge in [-0.05, 0) is 0 Å². The van der Waals surface area contributed by atoms with Crippen molar-refractivity contribution in [2.45, 2.75) is 0 Å². The van der Waals surface area contributed by atoms with Gasteiger partial charge in [-0.1, -0.05) is 0 Å². The van der Waals surface area contributed by atoms with Crippen molar-refractivity contribution in [3.8, 4) is 0 Å². The molecular formula is C2HgN2. The largest absolute Gasteiger partial charge is 2.00 e. The molecule has 0 aromatic rings. The number of hydrogen-bond acceptors (Lipinski definition) is 2. The van der Waals surface area contributed by atoms with Gasteiger partial charge in [0, 0.05) is 0 Å². The first kappa shape index (κ1) is 20.5. The maximum absolute atomic E-state index is 6.25. The molecule has 2 nitrogen and oxygen atoms in total. The Labute approximate surface area is 51.5 Å². The zero-order valence-corrected chi connectivity index (χ0v) is 8.10. The molecule has 20 valence electrons. The van der Waals surface area contributed by atoms with Crippen molar-refractivity contribution in [2.24, 2.45) is 0 Å².